The van der Waals surface area contributed by atoms with Crippen molar-refractivity contribution in [3.05, 3.63) is 29.3 Å². The summed E-state index contributed by atoms with van der Waals surface area (Å²) in [5.41, 5.74) is 0.0438. The highest BCUT2D eigenvalue weighted by molar-refractivity contribution is 7.20. The summed E-state index contributed by atoms with van der Waals surface area (Å²) in [5.74, 6) is -0.615. The first kappa shape index (κ1) is 17.2. The number of methoxy groups -OCH3 is 1. The van der Waals surface area contributed by atoms with Gasteiger partial charge in [0.2, 0.25) is 0 Å². The summed E-state index contributed by atoms with van der Waals surface area (Å²) in [4.78, 5) is 28.3. The number of thiophene rings is 1. The van der Waals surface area contributed by atoms with Gasteiger partial charge in [-0.3, -0.25) is 10.3 Å². The average molecular weight is 338 g/mol. The highest BCUT2D eigenvalue weighted by Gasteiger charge is 2.23. The fourth-order valence-electron chi connectivity index (χ4n) is 1.67. The molecule has 0 fully saturated rings. The van der Waals surface area contributed by atoms with Gasteiger partial charge in [-0.2, -0.15) is 0 Å². The van der Waals surface area contributed by atoms with Gasteiger partial charge in [-0.1, -0.05) is 0 Å². The van der Waals surface area contributed by atoms with E-state index in [9.17, 15) is 9.59 Å². The third-order valence-electron chi connectivity index (χ3n) is 2.55. The van der Waals surface area contributed by atoms with Crippen LogP contribution in [-0.2, 0) is 14.2 Å². The molecule has 1 amide bonds. The van der Waals surface area contributed by atoms with Crippen molar-refractivity contribution in [2.24, 2.45) is 0 Å². The lowest BCUT2D eigenvalue weighted by molar-refractivity contribution is -0.107. The number of pyridine rings is 1. The summed E-state index contributed by atoms with van der Waals surface area (Å²) < 4.78 is 16.0. The van der Waals surface area contributed by atoms with E-state index in [2.05, 4.69) is 10.3 Å². The lowest BCUT2D eigenvalue weighted by Crippen LogP contribution is -2.42. The first-order valence-corrected chi connectivity index (χ1v) is 7.68. The molecule has 0 aliphatic heterocycles. The van der Waals surface area contributed by atoms with Crippen LogP contribution < -0.4 is 5.32 Å². The number of nitrogens with zero attached hydrogens (tertiary/aromatic N) is 1. The normalized spacial score (nSPS) is 12.7. The number of nitrogens with one attached hydrogen (secondary N) is 1. The van der Waals surface area contributed by atoms with E-state index >= 15 is 0 Å². The molecule has 0 saturated heterocycles. The smallest absolute Gasteiger partial charge is 0.412 e. The van der Waals surface area contributed by atoms with Crippen LogP contribution in [0.5, 0.6) is 0 Å². The number of rotatable bonds is 4. The Labute approximate surface area is 137 Å². The van der Waals surface area contributed by atoms with Crippen molar-refractivity contribution in [3.63, 3.8) is 0 Å². The Morgan fingerprint density at radius 1 is 1.35 bits per heavy atom. The molecule has 2 rings (SSSR count). The quantitative estimate of drug-likeness (QED) is 0.681. The van der Waals surface area contributed by atoms with Gasteiger partial charge in [0.1, 0.15) is 10.5 Å². The number of hydrogen-bond acceptors (Lipinski definition) is 7. The highest BCUT2D eigenvalue weighted by atomic mass is 32.1. The maximum absolute atomic E-state index is 12.1. The molecule has 1 N–H and O–H groups in total. The van der Waals surface area contributed by atoms with E-state index in [1.807, 2.05) is 6.07 Å². The van der Waals surface area contributed by atoms with Crippen LogP contribution in [0.4, 0.5) is 4.79 Å². The van der Waals surface area contributed by atoms with Crippen LogP contribution in [0.3, 0.4) is 0 Å². The van der Waals surface area contributed by atoms with Crippen LogP contribution in [0.15, 0.2) is 24.4 Å². The predicted molar refractivity (Wildman–Crippen MR) is 85.2 cm³/mol. The molecule has 1 unspecified atom stereocenters. The minimum Gasteiger partial charge on any atom is -0.444 e. The van der Waals surface area contributed by atoms with Gasteiger partial charge < -0.3 is 14.2 Å². The summed E-state index contributed by atoms with van der Waals surface area (Å²) in [6, 6.07) is 5.27. The molecule has 23 heavy (non-hydrogen) atoms. The number of esters is 1. The number of aromatic nitrogens is 1. The third kappa shape index (κ3) is 4.90. The number of fused-ring (bicyclic) bond motifs is 1. The molecule has 8 heteroatoms. The van der Waals surface area contributed by atoms with Crippen molar-refractivity contribution in [2.45, 2.75) is 32.8 Å². The molecule has 0 bridgehead atoms. The van der Waals surface area contributed by atoms with E-state index < -0.39 is 24.1 Å². The van der Waals surface area contributed by atoms with Crippen molar-refractivity contribution in [1.29, 1.82) is 0 Å². The highest BCUT2D eigenvalue weighted by Crippen LogP contribution is 2.24. The number of carbonyl (C=O) groups is 2. The standard InChI is InChI=1S/C15H18N2O5S/c1-15(2,3)22-13(19)17-14(20-4)21-12(18)11-8-9-10(23-11)6-5-7-16-9/h5-8,14H,1-4H3,(H,17,19). The molecule has 0 aromatic carbocycles. The molecule has 7 nitrogen and oxygen atoms in total. The zero-order valence-electron chi connectivity index (χ0n) is 13.3. The minimum atomic E-state index is -1.24. The lowest BCUT2D eigenvalue weighted by Gasteiger charge is -2.22. The Bertz CT molecular complexity index is 674. The van der Waals surface area contributed by atoms with Gasteiger partial charge in [-0.15, -0.1) is 11.3 Å². The van der Waals surface area contributed by atoms with Gasteiger partial charge >= 0.3 is 12.1 Å². The van der Waals surface area contributed by atoms with Crippen molar-refractivity contribution in [3.8, 4) is 0 Å². The zero-order valence-corrected chi connectivity index (χ0v) is 14.1. The van der Waals surface area contributed by atoms with E-state index in [0.717, 1.165) is 4.70 Å². The van der Waals surface area contributed by atoms with Crippen LogP contribution >= 0.6 is 11.3 Å². The van der Waals surface area contributed by atoms with Gasteiger partial charge in [-0.05, 0) is 39.0 Å². The third-order valence-corrected chi connectivity index (χ3v) is 3.62. The van der Waals surface area contributed by atoms with Gasteiger partial charge in [0.05, 0.1) is 10.2 Å². The molecule has 2 aromatic heterocycles. The number of alkyl carbamates (subject to hydrolysis) is 1. The zero-order chi connectivity index (χ0) is 17.0. The van der Waals surface area contributed by atoms with Crippen molar-refractivity contribution < 1.29 is 23.8 Å². The topological polar surface area (TPSA) is 86.8 Å². The molecular weight excluding hydrogens is 320 g/mol. The lowest BCUT2D eigenvalue weighted by atomic mass is 10.2. The monoisotopic (exact) mass is 338 g/mol. The average Bonchev–Trinajstić information content (AvgIpc) is 2.88. The minimum absolute atomic E-state index is 0.367. The second-order valence-corrected chi connectivity index (χ2v) is 6.70. The van der Waals surface area contributed by atoms with Crippen molar-refractivity contribution in [2.75, 3.05) is 7.11 Å². The first-order chi connectivity index (χ1) is 10.8. The van der Waals surface area contributed by atoms with E-state index in [4.69, 9.17) is 14.2 Å². The van der Waals surface area contributed by atoms with Crippen molar-refractivity contribution in [1.82, 2.24) is 10.3 Å². The molecule has 0 spiro atoms. The van der Waals surface area contributed by atoms with Gasteiger partial charge in [-0.25, -0.2) is 9.59 Å². The number of ether oxygens (including phenoxy) is 3. The number of hydrogen-bond donors (Lipinski definition) is 1. The summed E-state index contributed by atoms with van der Waals surface area (Å²) in [6.07, 6.45) is -0.336. The molecule has 1 atom stereocenters. The Morgan fingerprint density at radius 2 is 2.09 bits per heavy atom. The van der Waals surface area contributed by atoms with Gasteiger partial charge in [0, 0.05) is 13.3 Å². The van der Waals surface area contributed by atoms with Crippen LogP contribution in [0.2, 0.25) is 0 Å². The van der Waals surface area contributed by atoms with Crippen LogP contribution in [0.1, 0.15) is 30.4 Å². The number of amides is 1. The molecule has 2 aromatic rings. The SMILES string of the molecule is COC(NC(=O)OC(C)(C)C)OC(=O)c1cc2ncccc2s1. The summed E-state index contributed by atoms with van der Waals surface area (Å²) in [5, 5.41) is 2.32. The largest absolute Gasteiger partial charge is 0.444 e. The second kappa shape index (κ2) is 6.93. The van der Waals surface area contributed by atoms with Gasteiger partial charge in [0.25, 0.3) is 6.41 Å². The van der Waals surface area contributed by atoms with E-state index in [1.54, 1.807) is 39.1 Å². The first-order valence-electron chi connectivity index (χ1n) is 6.86. The van der Waals surface area contributed by atoms with Gasteiger partial charge in [0.15, 0.2) is 0 Å². The fourth-order valence-corrected chi connectivity index (χ4v) is 2.57. The Balaban J connectivity index is 2.00. The maximum atomic E-state index is 12.1. The molecule has 0 saturated carbocycles. The molecule has 0 aliphatic carbocycles. The Morgan fingerprint density at radius 3 is 2.70 bits per heavy atom. The van der Waals surface area contributed by atoms with Crippen LogP contribution in [0.25, 0.3) is 10.2 Å². The predicted octanol–water partition coefficient (Wildman–Crippen LogP) is 2.91. The van der Waals surface area contributed by atoms with Crippen molar-refractivity contribution >= 4 is 33.6 Å². The number of carbonyl (C=O) groups excluding carboxylic acids is 2. The Hall–Kier alpha value is -2.19. The van der Waals surface area contributed by atoms with E-state index in [0.29, 0.717) is 10.4 Å². The fraction of sp³-hybridized carbons (Fsp3) is 0.400. The van der Waals surface area contributed by atoms with Crippen LogP contribution in [-0.4, -0.2) is 36.2 Å². The summed E-state index contributed by atoms with van der Waals surface area (Å²) in [6.45, 7) is 5.18. The van der Waals surface area contributed by atoms with E-state index in [1.165, 1.54) is 18.4 Å². The van der Waals surface area contributed by atoms with Crippen LogP contribution in [0, 0.1) is 0 Å². The van der Waals surface area contributed by atoms with E-state index in [-0.39, 0.29) is 0 Å². The second-order valence-electron chi connectivity index (χ2n) is 5.62. The molecule has 0 radical (unpaired) electrons. The molecular formula is C15H18N2O5S. The maximum Gasteiger partial charge on any atom is 0.412 e. The molecule has 0 aliphatic rings. The molecule has 2 heterocycles. The summed E-state index contributed by atoms with van der Waals surface area (Å²) >= 11 is 1.25. The molecule has 124 valence electrons. The Kier molecular flexibility index (Phi) is 5.17. The summed E-state index contributed by atoms with van der Waals surface area (Å²) in [7, 11) is 1.31.